The van der Waals surface area contributed by atoms with Crippen LogP contribution in [0.2, 0.25) is 0 Å². The normalized spacial score (nSPS) is 14.0. The van der Waals surface area contributed by atoms with Gasteiger partial charge in [0, 0.05) is 0 Å². The summed E-state index contributed by atoms with van der Waals surface area (Å²) in [6, 6.07) is -1.01. The molecule has 0 radical (unpaired) electrons. The van der Waals surface area contributed by atoms with Crippen LogP contribution in [0.5, 0.6) is 0 Å². The lowest BCUT2D eigenvalue weighted by Crippen LogP contribution is -2.53. The lowest BCUT2D eigenvalue weighted by atomic mass is 10.00. The summed E-state index contributed by atoms with van der Waals surface area (Å²) in [4.78, 5) is 12.6. The van der Waals surface area contributed by atoms with Gasteiger partial charge in [-0.3, -0.25) is 4.79 Å². The van der Waals surface area contributed by atoms with Gasteiger partial charge in [-0.25, -0.2) is 0 Å². The Kier molecular flexibility index (Phi) is 52.3. The van der Waals surface area contributed by atoms with E-state index in [2.05, 4.69) is 55.6 Å². The van der Waals surface area contributed by atoms with Crippen molar-refractivity contribution in [2.75, 3.05) is 6.61 Å². The number of nitrogens with one attached hydrogen (secondary N) is 1. The number of carbonyl (C=O) groups is 1. The quantitative estimate of drug-likeness (QED) is 0.0308. The van der Waals surface area contributed by atoms with E-state index in [1.165, 1.54) is 218 Å². The first-order valence-corrected chi connectivity index (χ1v) is 28.9. The van der Waals surface area contributed by atoms with Crippen LogP contribution in [0.3, 0.4) is 0 Å². The molecule has 0 fully saturated rings. The molecule has 0 bridgehead atoms. The van der Waals surface area contributed by atoms with E-state index in [1.807, 2.05) is 0 Å². The molecular weight excluding hydrogens is 803 g/mol. The van der Waals surface area contributed by atoms with Crippen molar-refractivity contribution in [3.05, 3.63) is 36.5 Å². The number of amides is 1. The predicted octanol–water partition coefficient (Wildman–Crippen LogP) is 16.8. The molecule has 0 spiro atoms. The fourth-order valence-electron chi connectivity index (χ4n) is 9.03. The molecule has 0 aliphatic rings. The molecule has 0 aliphatic carbocycles. The minimum Gasteiger partial charge on any atom is -0.394 e. The smallest absolute Gasteiger partial charge is 0.249 e. The fraction of sp³-hybridized carbons (Fsp3) is 0.881. The van der Waals surface area contributed by atoms with Crippen molar-refractivity contribution in [3.63, 3.8) is 0 Å². The van der Waals surface area contributed by atoms with Gasteiger partial charge in [-0.05, 0) is 64.2 Å². The van der Waals surface area contributed by atoms with E-state index in [4.69, 9.17) is 0 Å². The first-order valence-electron chi connectivity index (χ1n) is 28.9. The zero-order valence-corrected chi connectivity index (χ0v) is 43.5. The number of rotatable bonds is 53. The monoisotopic (exact) mass is 916 g/mol. The average Bonchev–Trinajstić information content (AvgIpc) is 3.31. The molecule has 0 aromatic rings. The van der Waals surface area contributed by atoms with E-state index in [1.54, 1.807) is 0 Å². The molecule has 5 N–H and O–H groups in total. The first-order chi connectivity index (χ1) is 32.0. The second-order valence-corrected chi connectivity index (χ2v) is 20.0. The van der Waals surface area contributed by atoms with E-state index in [-0.39, 0.29) is 0 Å². The van der Waals surface area contributed by atoms with Crippen LogP contribution >= 0.6 is 0 Å². The Bertz CT molecular complexity index is 1030. The predicted molar refractivity (Wildman–Crippen MR) is 284 cm³/mol. The highest BCUT2D eigenvalue weighted by Gasteiger charge is 2.28. The summed E-state index contributed by atoms with van der Waals surface area (Å²) in [6.45, 7) is 4.07. The summed E-state index contributed by atoms with van der Waals surface area (Å²) in [7, 11) is 0. The van der Waals surface area contributed by atoms with Crippen LogP contribution in [0.1, 0.15) is 303 Å². The molecular formula is C59H113NO5. The Morgan fingerprint density at radius 3 is 0.969 bits per heavy atom. The summed E-state index contributed by atoms with van der Waals surface area (Å²) in [6.07, 6.45) is 66.5. The van der Waals surface area contributed by atoms with E-state index >= 15 is 0 Å². The van der Waals surface area contributed by atoms with Gasteiger partial charge in [-0.15, -0.1) is 0 Å². The maximum Gasteiger partial charge on any atom is 0.249 e. The molecule has 6 heteroatoms. The van der Waals surface area contributed by atoms with Gasteiger partial charge in [0.25, 0.3) is 0 Å². The highest BCUT2D eigenvalue weighted by molar-refractivity contribution is 5.80. The molecule has 0 aromatic carbocycles. The maximum absolute atomic E-state index is 12.6. The Balaban J connectivity index is 3.69. The lowest BCUT2D eigenvalue weighted by Gasteiger charge is -2.27. The zero-order chi connectivity index (χ0) is 47.4. The van der Waals surface area contributed by atoms with Crippen molar-refractivity contribution in [1.82, 2.24) is 5.32 Å². The van der Waals surface area contributed by atoms with E-state index in [9.17, 15) is 25.2 Å². The molecule has 4 atom stereocenters. The van der Waals surface area contributed by atoms with E-state index in [0.29, 0.717) is 19.3 Å². The van der Waals surface area contributed by atoms with Crippen LogP contribution < -0.4 is 5.32 Å². The third-order valence-electron chi connectivity index (χ3n) is 13.6. The second kappa shape index (κ2) is 53.5. The third kappa shape index (κ3) is 47.4. The third-order valence-corrected chi connectivity index (χ3v) is 13.6. The summed E-state index contributed by atoms with van der Waals surface area (Å²) in [5.74, 6) is -0.595. The topological polar surface area (TPSA) is 110 Å². The Morgan fingerprint density at radius 1 is 0.369 bits per heavy atom. The van der Waals surface area contributed by atoms with Crippen molar-refractivity contribution < 1.29 is 25.2 Å². The van der Waals surface area contributed by atoms with Crippen molar-refractivity contribution in [2.24, 2.45) is 0 Å². The van der Waals surface area contributed by atoms with Crippen LogP contribution in [0, 0.1) is 0 Å². The van der Waals surface area contributed by atoms with Crippen LogP contribution in [0.4, 0.5) is 0 Å². The second-order valence-electron chi connectivity index (χ2n) is 20.0. The van der Waals surface area contributed by atoms with Crippen molar-refractivity contribution in [3.8, 4) is 0 Å². The fourth-order valence-corrected chi connectivity index (χ4v) is 9.03. The molecule has 0 heterocycles. The molecule has 6 nitrogen and oxygen atoms in total. The molecule has 1 amide bonds. The molecule has 0 rings (SSSR count). The van der Waals surface area contributed by atoms with Crippen LogP contribution in [0.15, 0.2) is 36.5 Å². The minimum atomic E-state index is -1.29. The van der Waals surface area contributed by atoms with Gasteiger partial charge in [0.1, 0.15) is 12.2 Å². The first kappa shape index (κ1) is 63.5. The number of aliphatic hydroxyl groups excluding tert-OH is 4. The molecule has 0 aromatic heterocycles. The molecule has 0 saturated carbocycles. The van der Waals surface area contributed by atoms with Gasteiger partial charge in [0.15, 0.2) is 0 Å². The number of hydrogen-bond acceptors (Lipinski definition) is 5. The van der Waals surface area contributed by atoms with Crippen molar-refractivity contribution >= 4 is 5.91 Å². The molecule has 384 valence electrons. The van der Waals surface area contributed by atoms with Crippen LogP contribution in [-0.2, 0) is 4.79 Å². The van der Waals surface area contributed by atoms with E-state index in [0.717, 1.165) is 51.4 Å². The van der Waals surface area contributed by atoms with Gasteiger partial charge in [-0.2, -0.15) is 0 Å². The molecule has 4 unspecified atom stereocenters. The van der Waals surface area contributed by atoms with Gasteiger partial charge in [-0.1, -0.05) is 275 Å². The lowest BCUT2D eigenvalue weighted by molar-refractivity contribution is -0.132. The highest BCUT2D eigenvalue weighted by Crippen LogP contribution is 2.18. The number of aliphatic hydroxyl groups is 4. The molecule has 0 saturated heterocycles. The molecule has 0 aliphatic heterocycles. The number of hydrogen-bond donors (Lipinski definition) is 5. The Labute approximate surface area is 405 Å². The number of allylic oxidation sites excluding steroid dienone is 6. The summed E-state index contributed by atoms with van der Waals surface area (Å²) < 4.78 is 0. The highest BCUT2D eigenvalue weighted by atomic mass is 16.3. The zero-order valence-electron chi connectivity index (χ0n) is 43.5. The number of unbranched alkanes of at least 4 members (excludes halogenated alkanes) is 38. The van der Waals surface area contributed by atoms with Gasteiger partial charge >= 0.3 is 0 Å². The number of carbonyl (C=O) groups excluding carboxylic acids is 1. The van der Waals surface area contributed by atoms with Gasteiger partial charge in [0.2, 0.25) is 5.91 Å². The van der Waals surface area contributed by atoms with E-state index < -0.39 is 36.9 Å². The summed E-state index contributed by atoms with van der Waals surface area (Å²) >= 11 is 0. The van der Waals surface area contributed by atoms with Crippen LogP contribution in [0.25, 0.3) is 0 Å². The SMILES string of the molecule is CCCCCCCCCCCCCCC/C=C/CC/C=C/CC/C=C/CCCC(O)C(O)C(CO)NC(=O)C(O)CCCCCCCCCCCCCCCCCCCCCCCCC. The Hall–Kier alpha value is -1.47. The maximum atomic E-state index is 12.6. The average molecular weight is 917 g/mol. The van der Waals surface area contributed by atoms with Crippen molar-refractivity contribution in [2.45, 2.75) is 327 Å². The van der Waals surface area contributed by atoms with Crippen LogP contribution in [-0.4, -0.2) is 57.3 Å². The van der Waals surface area contributed by atoms with Crippen molar-refractivity contribution in [1.29, 1.82) is 0 Å². The summed E-state index contributed by atoms with van der Waals surface area (Å²) in [5, 5.41) is 44.0. The van der Waals surface area contributed by atoms with Gasteiger partial charge < -0.3 is 25.7 Å². The summed E-state index contributed by atoms with van der Waals surface area (Å²) in [5.41, 5.74) is 0. The minimum absolute atomic E-state index is 0.362. The molecule has 65 heavy (non-hydrogen) atoms. The largest absolute Gasteiger partial charge is 0.394 e. The standard InChI is InChI=1S/C59H113NO5/c1-3-5-7-9-11-13-15-17-19-21-23-25-27-28-29-31-32-34-36-38-40-42-44-46-48-50-52-56(62)58(64)55(54-61)60-59(65)57(63)53-51-49-47-45-43-41-39-37-35-33-30-26-24-22-20-18-16-14-12-10-8-6-4-2/h29,31,36,38,44,46,55-58,61-64H,3-28,30,32-35,37,39-43,45,47-54H2,1-2H3,(H,60,65)/b31-29+,38-36+,46-44+. The van der Waals surface area contributed by atoms with Gasteiger partial charge in [0.05, 0.1) is 18.8 Å². The Morgan fingerprint density at radius 2 is 0.646 bits per heavy atom.